The number of hydrogen-bond acceptors (Lipinski definition) is 3. The lowest BCUT2D eigenvalue weighted by Crippen LogP contribution is -2.56. The summed E-state index contributed by atoms with van der Waals surface area (Å²) in [5, 5.41) is 6.38. The molecule has 0 saturated carbocycles. The van der Waals surface area contributed by atoms with Gasteiger partial charge < -0.3 is 15.5 Å². The van der Waals surface area contributed by atoms with Crippen molar-refractivity contribution in [3.05, 3.63) is 0 Å². The second-order valence-electron chi connectivity index (χ2n) is 3.96. The summed E-state index contributed by atoms with van der Waals surface area (Å²) in [5.74, 6) is 0.197. The van der Waals surface area contributed by atoms with Gasteiger partial charge in [-0.3, -0.25) is 4.79 Å². The average Bonchev–Trinajstić information content (AvgIpc) is 2.27. The van der Waals surface area contributed by atoms with E-state index in [1.165, 1.54) is 0 Å². The van der Waals surface area contributed by atoms with Crippen molar-refractivity contribution in [1.29, 1.82) is 0 Å². The molecule has 0 aromatic heterocycles. The second kappa shape index (κ2) is 3.64. The molecule has 0 aromatic rings. The Balaban J connectivity index is 2.08. The third-order valence-electron chi connectivity index (χ3n) is 3.05. The lowest BCUT2D eigenvalue weighted by molar-refractivity contribution is -0.121. The number of hydrogen-bond donors (Lipinski definition) is 2. The molecule has 2 saturated heterocycles. The topological polar surface area (TPSA) is 44.4 Å². The van der Waals surface area contributed by atoms with Crippen LogP contribution in [0.25, 0.3) is 0 Å². The fraction of sp³-hybridized carbons (Fsp3) is 0.889. The predicted molar refractivity (Wildman–Crippen MR) is 50.5 cm³/mol. The first-order valence-corrected chi connectivity index (χ1v) is 4.97. The predicted octanol–water partition coefficient (Wildman–Crippen LogP) is -0.831. The van der Waals surface area contributed by atoms with Gasteiger partial charge in [-0.15, -0.1) is 0 Å². The monoisotopic (exact) mass is 183 g/mol. The zero-order valence-corrected chi connectivity index (χ0v) is 8.05. The molecule has 0 aliphatic carbocycles. The van der Waals surface area contributed by atoms with Gasteiger partial charge in [-0.1, -0.05) is 0 Å². The number of piperidine rings is 1. The molecule has 13 heavy (non-hydrogen) atoms. The van der Waals surface area contributed by atoms with Crippen LogP contribution in [0.1, 0.15) is 12.8 Å². The third kappa shape index (κ3) is 1.84. The highest BCUT2D eigenvalue weighted by Gasteiger charge is 2.31. The molecule has 4 nitrogen and oxygen atoms in total. The van der Waals surface area contributed by atoms with Crippen molar-refractivity contribution in [2.24, 2.45) is 0 Å². The van der Waals surface area contributed by atoms with E-state index in [0.29, 0.717) is 18.5 Å². The summed E-state index contributed by atoms with van der Waals surface area (Å²) in [5.41, 5.74) is 0. The van der Waals surface area contributed by atoms with Crippen molar-refractivity contribution in [3.63, 3.8) is 0 Å². The molecule has 2 aliphatic heterocycles. The SMILES string of the molecule is CN1CCC(=O)NC2CNCCC21. The number of carbonyl (C=O) groups excluding carboxylic acids is 1. The van der Waals surface area contributed by atoms with Crippen LogP contribution >= 0.6 is 0 Å². The van der Waals surface area contributed by atoms with Gasteiger partial charge in [0.25, 0.3) is 0 Å². The normalized spacial score (nSPS) is 36.2. The number of carbonyl (C=O) groups is 1. The van der Waals surface area contributed by atoms with Crippen molar-refractivity contribution in [2.45, 2.75) is 24.9 Å². The molecule has 2 heterocycles. The largest absolute Gasteiger partial charge is 0.350 e. The van der Waals surface area contributed by atoms with E-state index < -0.39 is 0 Å². The lowest BCUT2D eigenvalue weighted by Gasteiger charge is -2.36. The Morgan fingerprint density at radius 3 is 3.23 bits per heavy atom. The van der Waals surface area contributed by atoms with Crippen LogP contribution in [0.3, 0.4) is 0 Å². The molecule has 0 bridgehead atoms. The molecule has 2 unspecified atom stereocenters. The summed E-state index contributed by atoms with van der Waals surface area (Å²) >= 11 is 0. The molecular formula is C9H17N3O. The number of likely N-dealkylation sites (N-methyl/N-ethyl adjacent to an activating group) is 1. The van der Waals surface area contributed by atoms with Crippen LogP contribution in [-0.2, 0) is 4.79 Å². The standard InChI is InChI=1S/C9H17N3O/c1-12-5-3-9(13)11-7-6-10-4-2-8(7)12/h7-8,10H,2-6H2,1H3,(H,11,13). The van der Waals surface area contributed by atoms with Crippen LogP contribution in [0.5, 0.6) is 0 Å². The fourth-order valence-corrected chi connectivity index (χ4v) is 2.24. The van der Waals surface area contributed by atoms with E-state index in [0.717, 1.165) is 26.1 Å². The highest BCUT2D eigenvalue weighted by molar-refractivity contribution is 5.76. The minimum Gasteiger partial charge on any atom is -0.350 e. The maximum Gasteiger partial charge on any atom is 0.221 e. The Morgan fingerprint density at radius 1 is 1.54 bits per heavy atom. The van der Waals surface area contributed by atoms with Crippen LogP contribution in [0.4, 0.5) is 0 Å². The van der Waals surface area contributed by atoms with Gasteiger partial charge in [0.15, 0.2) is 0 Å². The van der Waals surface area contributed by atoms with E-state index in [-0.39, 0.29) is 5.91 Å². The smallest absolute Gasteiger partial charge is 0.221 e. The summed E-state index contributed by atoms with van der Waals surface area (Å²) in [6.45, 7) is 2.88. The Labute approximate surface area is 78.7 Å². The van der Waals surface area contributed by atoms with Crippen molar-refractivity contribution in [1.82, 2.24) is 15.5 Å². The van der Waals surface area contributed by atoms with Crippen molar-refractivity contribution >= 4 is 5.91 Å². The molecule has 0 aromatic carbocycles. The summed E-state index contributed by atoms with van der Waals surface area (Å²) < 4.78 is 0. The quantitative estimate of drug-likeness (QED) is 0.515. The van der Waals surface area contributed by atoms with E-state index >= 15 is 0 Å². The van der Waals surface area contributed by atoms with Crippen molar-refractivity contribution in [2.75, 3.05) is 26.7 Å². The summed E-state index contributed by atoms with van der Waals surface area (Å²) in [4.78, 5) is 13.6. The number of rotatable bonds is 0. The van der Waals surface area contributed by atoms with Crippen molar-refractivity contribution < 1.29 is 4.79 Å². The van der Waals surface area contributed by atoms with E-state index in [1.54, 1.807) is 0 Å². The second-order valence-corrected chi connectivity index (χ2v) is 3.96. The van der Waals surface area contributed by atoms with Crippen LogP contribution in [-0.4, -0.2) is 49.6 Å². The Hall–Kier alpha value is -0.610. The number of amides is 1. The molecule has 0 spiro atoms. The minimum atomic E-state index is 0.197. The van der Waals surface area contributed by atoms with E-state index in [1.807, 2.05) is 0 Å². The molecule has 2 aliphatic rings. The van der Waals surface area contributed by atoms with E-state index in [2.05, 4.69) is 22.6 Å². The third-order valence-corrected chi connectivity index (χ3v) is 3.05. The average molecular weight is 183 g/mol. The van der Waals surface area contributed by atoms with Crippen LogP contribution in [0.2, 0.25) is 0 Å². The minimum absolute atomic E-state index is 0.197. The molecular weight excluding hydrogens is 166 g/mol. The number of nitrogens with one attached hydrogen (secondary N) is 2. The van der Waals surface area contributed by atoms with Gasteiger partial charge >= 0.3 is 0 Å². The van der Waals surface area contributed by atoms with Gasteiger partial charge in [0.2, 0.25) is 5.91 Å². The van der Waals surface area contributed by atoms with Crippen LogP contribution in [0.15, 0.2) is 0 Å². The van der Waals surface area contributed by atoms with Gasteiger partial charge in [0.1, 0.15) is 0 Å². The summed E-state index contributed by atoms with van der Waals surface area (Å²) in [6, 6.07) is 0.849. The summed E-state index contributed by atoms with van der Waals surface area (Å²) in [6.07, 6.45) is 1.78. The fourth-order valence-electron chi connectivity index (χ4n) is 2.24. The van der Waals surface area contributed by atoms with Gasteiger partial charge in [0, 0.05) is 25.6 Å². The van der Waals surface area contributed by atoms with E-state index in [4.69, 9.17) is 0 Å². The zero-order chi connectivity index (χ0) is 9.26. The molecule has 1 amide bonds. The molecule has 2 rings (SSSR count). The van der Waals surface area contributed by atoms with Gasteiger partial charge in [-0.2, -0.15) is 0 Å². The highest BCUT2D eigenvalue weighted by Crippen LogP contribution is 2.14. The molecule has 4 heteroatoms. The molecule has 2 atom stereocenters. The first-order chi connectivity index (χ1) is 6.27. The van der Waals surface area contributed by atoms with Gasteiger partial charge in [-0.05, 0) is 20.0 Å². The number of fused-ring (bicyclic) bond motifs is 1. The molecule has 0 radical (unpaired) electrons. The first kappa shape index (κ1) is 8.97. The maximum atomic E-state index is 11.3. The summed E-state index contributed by atoms with van der Waals surface area (Å²) in [7, 11) is 2.11. The van der Waals surface area contributed by atoms with Gasteiger partial charge in [0.05, 0.1) is 6.04 Å². The molecule has 2 fully saturated rings. The Morgan fingerprint density at radius 2 is 2.38 bits per heavy atom. The van der Waals surface area contributed by atoms with Crippen LogP contribution in [0, 0.1) is 0 Å². The van der Waals surface area contributed by atoms with E-state index in [9.17, 15) is 4.79 Å². The molecule has 74 valence electrons. The van der Waals surface area contributed by atoms with Crippen molar-refractivity contribution in [3.8, 4) is 0 Å². The van der Waals surface area contributed by atoms with Crippen LogP contribution < -0.4 is 10.6 Å². The maximum absolute atomic E-state index is 11.3. The number of nitrogens with zero attached hydrogens (tertiary/aromatic N) is 1. The van der Waals surface area contributed by atoms with Gasteiger partial charge in [-0.25, -0.2) is 0 Å². The first-order valence-electron chi connectivity index (χ1n) is 4.97. The lowest BCUT2D eigenvalue weighted by atomic mass is 10.0. The molecule has 2 N–H and O–H groups in total. The Kier molecular flexibility index (Phi) is 2.51. The zero-order valence-electron chi connectivity index (χ0n) is 8.05. The highest BCUT2D eigenvalue weighted by atomic mass is 16.1. The Bertz CT molecular complexity index is 207.